The maximum Gasteiger partial charge on any atom is 0.338 e. The van der Waals surface area contributed by atoms with Crippen LogP contribution in [0.1, 0.15) is 56.3 Å². The number of piperidine rings is 1. The van der Waals surface area contributed by atoms with Gasteiger partial charge in [-0.05, 0) is 79.5 Å². The van der Waals surface area contributed by atoms with Gasteiger partial charge >= 0.3 is 5.97 Å². The van der Waals surface area contributed by atoms with Crippen LogP contribution in [0, 0.1) is 39.9 Å². The van der Waals surface area contributed by atoms with Crippen molar-refractivity contribution in [3.63, 3.8) is 0 Å². The van der Waals surface area contributed by atoms with Gasteiger partial charge in [0, 0.05) is 29.3 Å². The molecular formula is C29H37NO4. The number of ether oxygens (including phenoxy) is 1. The molecule has 2 N–H and O–H groups in total. The molecule has 5 saturated carbocycles. The van der Waals surface area contributed by atoms with Crippen molar-refractivity contribution in [1.29, 1.82) is 0 Å². The van der Waals surface area contributed by atoms with Crippen LogP contribution in [-0.4, -0.2) is 58.5 Å². The Morgan fingerprint density at radius 3 is 2.71 bits per heavy atom. The SMILES string of the molecule is C=C1[C@H]2C[C@@]3([C@@H]1O)[C@@H](C[C@@H]2O)[C@@]12[C@@H](OC(=O)c4ccccc4)CC[C@@]4(C)CN(CC)[C@@H]1[C@@H]3C[C@H]42. The number of carbonyl (C=O) groups is 1. The third-order valence-corrected chi connectivity index (χ3v) is 11.8. The molecule has 5 nitrogen and oxygen atoms in total. The second-order valence-electron chi connectivity index (χ2n) is 12.6. The monoisotopic (exact) mass is 463 g/mol. The van der Waals surface area contributed by atoms with Gasteiger partial charge in [0.15, 0.2) is 0 Å². The first kappa shape index (κ1) is 21.6. The van der Waals surface area contributed by atoms with Gasteiger partial charge in [-0.3, -0.25) is 4.90 Å². The highest BCUT2D eigenvalue weighted by atomic mass is 16.5. The van der Waals surface area contributed by atoms with E-state index in [0.29, 0.717) is 29.9 Å². The lowest BCUT2D eigenvalue weighted by atomic mass is 9.43. The van der Waals surface area contributed by atoms with E-state index in [1.807, 2.05) is 30.3 Å². The van der Waals surface area contributed by atoms with Crippen LogP contribution in [0.4, 0.5) is 0 Å². The van der Waals surface area contributed by atoms with Crippen LogP contribution in [0.25, 0.3) is 0 Å². The summed E-state index contributed by atoms with van der Waals surface area (Å²) in [5.74, 6) is 0.735. The minimum Gasteiger partial charge on any atom is -0.458 e. The van der Waals surface area contributed by atoms with Crippen molar-refractivity contribution in [3.8, 4) is 0 Å². The van der Waals surface area contributed by atoms with Gasteiger partial charge in [-0.2, -0.15) is 0 Å². The van der Waals surface area contributed by atoms with E-state index in [1.165, 1.54) is 0 Å². The van der Waals surface area contributed by atoms with Gasteiger partial charge in [0.05, 0.1) is 17.8 Å². The highest BCUT2D eigenvalue weighted by Gasteiger charge is 2.85. The molecule has 34 heavy (non-hydrogen) atoms. The summed E-state index contributed by atoms with van der Waals surface area (Å²) in [6.07, 6.45) is 3.34. The van der Waals surface area contributed by atoms with Crippen LogP contribution in [0.3, 0.4) is 0 Å². The van der Waals surface area contributed by atoms with E-state index in [-0.39, 0.29) is 40.2 Å². The van der Waals surface area contributed by atoms with Crippen molar-refractivity contribution in [2.24, 2.45) is 39.9 Å². The summed E-state index contributed by atoms with van der Waals surface area (Å²) in [7, 11) is 0. The molecule has 0 unspecified atom stereocenters. The summed E-state index contributed by atoms with van der Waals surface area (Å²) < 4.78 is 6.50. The van der Waals surface area contributed by atoms with E-state index in [4.69, 9.17) is 4.74 Å². The summed E-state index contributed by atoms with van der Waals surface area (Å²) >= 11 is 0. The molecule has 182 valence electrons. The third kappa shape index (κ3) is 2.22. The van der Waals surface area contributed by atoms with Crippen LogP contribution >= 0.6 is 0 Å². The predicted octanol–water partition coefficient (Wildman–Crippen LogP) is 3.66. The molecule has 1 aliphatic heterocycles. The van der Waals surface area contributed by atoms with Crippen molar-refractivity contribution < 1.29 is 19.7 Å². The van der Waals surface area contributed by atoms with Crippen LogP contribution < -0.4 is 0 Å². The molecule has 11 atom stereocenters. The molecule has 0 amide bonds. The maximum atomic E-state index is 13.4. The summed E-state index contributed by atoms with van der Waals surface area (Å²) in [6, 6.07) is 9.64. The number of fused-ring (bicyclic) bond motifs is 1. The van der Waals surface area contributed by atoms with Gasteiger partial charge in [0.2, 0.25) is 0 Å². The van der Waals surface area contributed by atoms with Crippen LogP contribution in [0.15, 0.2) is 42.5 Å². The summed E-state index contributed by atoms with van der Waals surface area (Å²) in [4.78, 5) is 16.0. The number of aliphatic hydroxyl groups is 2. The number of aliphatic hydroxyl groups excluding tert-OH is 2. The molecule has 1 aromatic rings. The topological polar surface area (TPSA) is 70.0 Å². The molecule has 1 saturated heterocycles. The molecule has 0 radical (unpaired) electrons. The van der Waals surface area contributed by atoms with Crippen LogP contribution in [-0.2, 0) is 4.74 Å². The van der Waals surface area contributed by atoms with Crippen molar-refractivity contribution in [1.82, 2.24) is 4.90 Å². The van der Waals surface area contributed by atoms with Crippen molar-refractivity contribution in [3.05, 3.63) is 48.0 Å². The zero-order valence-electron chi connectivity index (χ0n) is 20.3. The lowest BCUT2D eigenvalue weighted by Crippen LogP contribution is -2.69. The van der Waals surface area contributed by atoms with Gasteiger partial charge in [-0.1, -0.05) is 38.6 Å². The van der Waals surface area contributed by atoms with E-state index >= 15 is 0 Å². The number of hydrogen-bond donors (Lipinski definition) is 2. The Morgan fingerprint density at radius 1 is 1.21 bits per heavy atom. The van der Waals surface area contributed by atoms with E-state index in [2.05, 4.69) is 25.3 Å². The summed E-state index contributed by atoms with van der Waals surface area (Å²) in [6.45, 7) is 11.0. The number of nitrogens with zero attached hydrogens (tertiary/aromatic N) is 1. The molecule has 6 aliphatic rings. The average molecular weight is 464 g/mol. The van der Waals surface area contributed by atoms with Crippen LogP contribution in [0.2, 0.25) is 0 Å². The molecule has 1 heterocycles. The standard InChI is InChI=1S/C29H37NO4/c1-4-30-15-27(3)11-10-23(34-26(33)17-8-6-5-7-9-17)29-21(27)12-19(24(29)30)28-14-18(16(2)25(28)32)20(31)13-22(28)29/h5-9,18-25,31-32H,2,4,10-15H2,1,3H3/t18-,19+,20+,21-,22-,23+,24-,25-,27+,28+,29+/m1/s1. The third-order valence-electron chi connectivity index (χ3n) is 11.8. The maximum absolute atomic E-state index is 13.4. The first-order chi connectivity index (χ1) is 16.3. The first-order valence-electron chi connectivity index (χ1n) is 13.3. The fraction of sp³-hybridized carbons (Fsp3) is 0.690. The highest BCUT2D eigenvalue weighted by Crippen LogP contribution is 2.83. The minimum atomic E-state index is -0.567. The molecule has 7 rings (SSSR count). The molecule has 1 aromatic carbocycles. The van der Waals surface area contributed by atoms with Crippen molar-refractivity contribution >= 4 is 5.97 Å². The van der Waals surface area contributed by atoms with Gasteiger partial charge in [0.1, 0.15) is 6.10 Å². The van der Waals surface area contributed by atoms with Crippen molar-refractivity contribution in [2.75, 3.05) is 13.1 Å². The summed E-state index contributed by atoms with van der Waals surface area (Å²) in [5.41, 5.74) is 1.17. The first-order valence-corrected chi connectivity index (χ1v) is 13.3. The zero-order chi connectivity index (χ0) is 23.6. The van der Waals surface area contributed by atoms with E-state index in [1.54, 1.807) is 0 Å². The normalized spacial score (nSPS) is 52.5. The predicted molar refractivity (Wildman–Crippen MR) is 128 cm³/mol. The second kappa shape index (κ2) is 6.74. The Bertz CT molecular complexity index is 1060. The Morgan fingerprint density at radius 2 is 1.97 bits per heavy atom. The van der Waals surface area contributed by atoms with Crippen LogP contribution in [0.5, 0.6) is 0 Å². The zero-order valence-corrected chi connectivity index (χ0v) is 20.3. The number of rotatable bonds is 3. The van der Waals surface area contributed by atoms with Gasteiger partial charge in [0.25, 0.3) is 0 Å². The molecular weight excluding hydrogens is 426 g/mol. The molecule has 5 heteroatoms. The van der Waals surface area contributed by atoms with E-state index in [9.17, 15) is 15.0 Å². The molecule has 5 aliphatic carbocycles. The lowest BCUT2D eigenvalue weighted by molar-refractivity contribution is -0.218. The van der Waals surface area contributed by atoms with Gasteiger partial charge in [-0.15, -0.1) is 0 Å². The summed E-state index contributed by atoms with van der Waals surface area (Å²) in [5, 5.41) is 23.0. The van der Waals surface area contributed by atoms with E-state index < -0.39 is 12.2 Å². The largest absolute Gasteiger partial charge is 0.458 e. The Labute approximate surface area is 202 Å². The number of hydrogen-bond acceptors (Lipinski definition) is 5. The Kier molecular flexibility index (Phi) is 4.28. The lowest BCUT2D eigenvalue weighted by Gasteiger charge is -2.65. The van der Waals surface area contributed by atoms with E-state index in [0.717, 1.165) is 44.3 Å². The fourth-order valence-electron chi connectivity index (χ4n) is 10.9. The molecule has 0 aromatic heterocycles. The fourth-order valence-corrected chi connectivity index (χ4v) is 10.9. The Hall–Kier alpha value is -1.69. The number of carbonyl (C=O) groups excluding carboxylic acids is 1. The average Bonchev–Trinajstić information content (AvgIpc) is 3.36. The highest BCUT2D eigenvalue weighted by molar-refractivity contribution is 5.89. The molecule has 6 fully saturated rings. The number of esters is 1. The van der Waals surface area contributed by atoms with Gasteiger partial charge in [-0.25, -0.2) is 4.79 Å². The minimum absolute atomic E-state index is 0.00257. The number of likely N-dealkylation sites (tertiary alicyclic amines) is 1. The number of benzene rings is 1. The second-order valence-corrected chi connectivity index (χ2v) is 12.6. The smallest absolute Gasteiger partial charge is 0.338 e. The Balaban J connectivity index is 1.39. The van der Waals surface area contributed by atoms with Crippen molar-refractivity contribution in [2.45, 2.75) is 70.3 Å². The molecule has 7 bridgehead atoms. The quantitative estimate of drug-likeness (QED) is 0.529. The van der Waals surface area contributed by atoms with Gasteiger partial charge < -0.3 is 14.9 Å². The molecule has 2 spiro atoms.